The van der Waals surface area contributed by atoms with Crippen LogP contribution in [0.4, 0.5) is 0 Å². The first kappa shape index (κ1) is 36.2. The molecule has 0 atom stereocenters. The lowest BCUT2D eigenvalue weighted by molar-refractivity contribution is 0.510. The molecule has 0 fully saturated rings. The largest absolute Gasteiger partial charge is 0.296 e. The van der Waals surface area contributed by atoms with Gasteiger partial charge in [-0.3, -0.25) is 18.7 Å². The first-order chi connectivity index (χ1) is 23.5. The number of fused-ring (bicyclic) bond motifs is 4. The molecule has 0 unspecified atom stereocenters. The van der Waals surface area contributed by atoms with Crippen LogP contribution in [0.15, 0.2) is 99.3 Å². The number of pyridine rings is 2. The average Bonchev–Trinajstić information content (AvgIpc) is 3.59. The molecule has 0 aliphatic carbocycles. The molecule has 8 nitrogen and oxygen atoms in total. The maximum absolute atomic E-state index is 12.7. The molecule has 10 heteroatoms. The van der Waals surface area contributed by atoms with Crippen LogP contribution in [0.1, 0.15) is 69.1 Å². The van der Waals surface area contributed by atoms with Crippen molar-refractivity contribution < 1.29 is 0 Å². The van der Waals surface area contributed by atoms with Gasteiger partial charge in [0.15, 0.2) is 0 Å². The standard InChI is InChI=1S/C20H17N3O.C13H13BrN2O.C7H5N.ClH/c1-20(2)10-12-23-18(24)16-9-7-14(13-17(16)22-19(20)23)6-8-15-5-3-4-11-21-15;1-13(2)5-6-16-11(17)9-4-3-8(14)7-10(9)15-12(13)16;1-2-7-5-3-4-6-8-7;/h3-5,7,9,11,13H,10,12H2,1-2H3;3-4,7H,5-6H2,1-2H3;1,3-6H;1H. The van der Waals surface area contributed by atoms with Gasteiger partial charge in [0.1, 0.15) is 23.0 Å². The summed E-state index contributed by atoms with van der Waals surface area (Å²) in [7, 11) is 0. The molecule has 2 aliphatic rings. The summed E-state index contributed by atoms with van der Waals surface area (Å²) in [6.45, 7) is 10.1. The van der Waals surface area contributed by atoms with Gasteiger partial charge in [-0.25, -0.2) is 19.9 Å². The highest BCUT2D eigenvalue weighted by Gasteiger charge is 2.34. The molecule has 0 bridgehead atoms. The molecule has 4 aromatic heterocycles. The molecular weight excluding hydrogens is 712 g/mol. The van der Waals surface area contributed by atoms with Crippen LogP contribution in [0.3, 0.4) is 0 Å². The van der Waals surface area contributed by atoms with Crippen molar-refractivity contribution in [3.05, 3.63) is 139 Å². The van der Waals surface area contributed by atoms with Crippen LogP contribution >= 0.6 is 28.3 Å². The van der Waals surface area contributed by atoms with Crippen molar-refractivity contribution in [2.24, 2.45) is 0 Å². The molecule has 252 valence electrons. The lowest BCUT2D eigenvalue weighted by Gasteiger charge is -2.16. The molecule has 2 aromatic carbocycles. The third-order valence-corrected chi connectivity index (χ3v) is 9.31. The van der Waals surface area contributed by atoms with Crippen molar-refractivity contribution in [2.75, 3.05) is 0 Å². The Hall–Kier alpha value is -5.09. The van der Waals surface area contributed by atoms with Crippen LogP contribution in [-0.2, 0) is 23.9 Å². The molecule has 6 aromatic rings. The third-order valence-electron chi connectivity index (χ3n) is 8.82. The molecule has 0 spiro atoms. The zero-order valence-corrected chi connectivity index (χ0v) is 30.7. The van der Waals surface area contributed by atoms with Gasteiger partial charge in [-0.1, -0.05) is 67.6 Å². The zero-order chi connectivity index (χ0) is 34.8. The van der Waals surface area contributed by atoms with E-state index < -0.39 is 0 Å². The molecule has 0 saturated heterocycles. The minimum Gasteiger partial charge on any atom is -0.296 e. The zero-order valence-electron chi connectivity index (χ0n) is 28.3. The van der Waals surface area contributed by atoms with E-state index in [-0.39, 0.29) is 34.4 Å². The van der Waals surface area contributed by atoms with E-state index in [1.165, 1.54) is 0 Å². The monoisotopic (exact) mass is 746 g/mol. The van der Waals surface area contributed by atoms with Gasteiger partial charge in [0.25, 0.3) is 11.1 Å². The molecule has 0 N–H and O–H groups in total. The van der Waals surface area contributed by atoms with Crippen LogP contribution in [-0.4, -0.2) is 29.1 Å². The Morgan fingerprint density at radius 2 is 1.22 bits per heavy atom. The summed E-state index contributed by atoms with van der Waals surface area (Å²) in [5, 5.41) is 1.36. The smallest absolute Gasteiger partial charge is 0.261 e. The van der Waals surface area contributed by atoms with Gasteiger partial charge in [-0.15, -0.1) is 18.8 Å². The Labute approximate surface area is 305 Å². The van der Waals surface area contributed by atoms with Crippen LogP contribution in [0.2, 0.25) is 0 Å². The predicted octanol–water partition coefficient (Wildman–Crippen LogP) is 7.20. The number of nitrogens with zero attached hydrogens (tertiary/aromatic N) is 6. The van der Waals surface area contributed by atoms with E-state index in [1.54, 1.807) is 18.5 Å². The first-order valence-corrected chi connectivity index (χ1v) is 16.8. The molecule has 2 aliphatic heterocycles. The number of terminal acetylenes is 1. The normalized spacial score (nSPS) is 14.3. The summed E-state index contributed by atoms with van der Waals surface area (Å²) in [4.78, 5) is 42.5. The van der Waals surface area contributed by atoms with Crippen molar-refractivity contribution in [2.45, 2.75) is 64.5 Å². The highest BCUT2D eigenvalue weighted by atomic mass is 79.9. The molecule has 50 heavy (non-hydrogen) atoms. The predicted molar refractivity (Wildman–Crippen MR) is 205 cm³/mol. The SMILES string of the molecule is C#Cc1ccccn1.CC1(C)CCn2c1nc1cc(Br)ccc1c2=O.CC1(C)CCn2c1nc1cc(C#Cc3ccccn3)ccc1c2=O.Cl. The van der Waals surface area contributed by atoms with Crippen molar-refractivity contribution in [1.82, 2.24) is 29.1 Å². The fourth-order valence-electron chi connectivity index (χ4n) is 5.97. The van der Waals surface area contributed by atoms with E-state index in [1.807, 2.05) is 75.9 Å². The highest BCUT2D eigenvalue weighted by molar-refractivity contribution is 9.10. The Morgan fingerprint density at radius 3 is 1.72 bits per heavy atom. The van der Waals surface area contributed by atoms with Crippen LogP contribution < -0.4 is 11.1 Å². The summed E-state index contributed by atoms with van der Waals surface area (Å²) in [5.41, 5.74) is 3.81. The van der Waals surface area contributed by atoms with Crippen molar-refractivity contribution in [1.29, 1.82) is 0 Å². The highest BCUT2D eigenvalue weighted by Crippen LogP contribution is 2.33. The Kier molecular flexibility index (Phi) is 10.7. The number of hydrogen-bond acceptors (Lipinski definition) is 6. The van der Waals surface area contributed by atoms with Gasteiger partial charge in [0.05, 0.1) is 21.8 Å². The van der Waals surface area contributed by atoms with Crippen LogP contribution in [0, 0.1) is 24.2 Å². The second kappa shape index (κ2) is 14.8. The fraction of sp³-hybridized carbons (Fsp3) is 0.250. The fourth-order valence-corrected chi connectivity index (χ4v) is 6.32. The molecule has 8 rings (SSSR count). The van der Waals surface area contributed by atoms with E-state index >= 15 is 0 Å². The van der Waals surface area contributed by atoms with Gasteiger partial charge in [-0.2, -0.15) is 0 Å². The second-order valence-electron chi connectivity index (χ2n) is 13.3. The van der Waals surface area contributed by atoms with E-state index in [0.717, 1.165) is 58.8 Å². The first-order valence-electron chi connectivity index (χ1n) is 16.0. The number of halogens is 2. The maximum Gasteiger partial charge on any atom is 0.261 e. The van der Waals surface area contributed by atoms with Crippen LogP contribution in [0.25, 0.3) is 21.8 Å². The third kappa shape index (κ3) is 7.55. The minimum atomic E-state index is -0.0665. The van der Waals surface area contributed by atoms with Crippen molar-refractivity contribution in [3.8, 4) is 24.2 Å². The van der Waals surface area contributed by atoms with Gasteiger partial charge >= 0.3 is 0 Å². The summed E-state index contributed by atoms with van der Waals surface area (Å²) >= 11 is 3.42. The quantitative estimate of drug-likeness (QED) is 0.153. The summed E-state index contributed by atoms with van der Waals surface area (Å²) < 4.78 is 4.58. The molecule has 0 saturated carbocycles. The summed E-state index contributed by atoms with van der Waals surface area (Å²) in [5.74, 6) is 10.3. The van der Waals surface area contributed by atoms with Crippen molar-refractivity contribution in [3.63, 3.8) is 0 Å². The number of rotatable bonds is 0. The topological polar surface area (TPSA) is 95.6 Å². The number of hydrogen-bond donors (Lipinski definition) is 0. The van der Waals surface area contributed by atoms with Crippen LogP contribution in [0.5, 0.6) is 0 Å². The van der Waals surface area contributed by atoms with Gasteiger partial charge in [0.2, 0.25) is 0 Å². The summed E-state index contributed by atoms with van der Waals surface area (Å²) in [6, 6.07) is 22.4. The van der Waals surface area contributed by atoms with Gasteiger partial charge in [0, 0.05) is 46.3 Å². The van der Waals surface area contributed by atoms with Crippen molar-refractivity contribution >= 4 is 50.1 Å². The van der Waals surface area contributed by atoms with Gasteiger partial charge in [-0.05, 0) is 79.4 Å². The molecule has 0 amide bonds. The lowest BCUT2D eigenvalue weighted by atomic mass is 9.91. The molecular formula is C40H36BrClN6O2. The summed E-state index contributed by atoms with van der Waals surface area (Å²) in [6.07, 6.45) is 10.4. The molecule has 6 heterocycles. The maximum atomic E-state index is 12.7. The second-order valence-corrected chi connectivity index (χ2v) is 14.2. The van der Waals surface area contributed by atoms with E-state index in [4.69, 9.17) is 11.4 Å². The lowest BCUT2D eigenvalue weighted by Crippen LogP contribution is -2.24. The Balaban J connectivity index is 0.000000162. The van der Waals surface area contributed by atoms with E-state index in [9.17, 15) is 9.59 Å². The van der Waals surface area contributed by atoms with Gasteiger partial charge < -0.3 is 0 Å². The molecule has 0 radical (unpaired) electrons. The average molecular weight is 748 g/mol. The minimum absolute atomic E-state index is 0. The number of benzene rings is 2. The van der Waals surface area contributed by atoms with E-state index in [2.05, 4.69) is 76.3 Å². The van der Waals surface area contributed by atoms with E-state index in [0.29, 0.717) is 22.0 Å². The number of aromatic nitrogens is 6. The Morgan fingerprint density at radius 1 is 0.700 bits per heavy atom. The Bertz CT molecular complexity index is 2420.